The molecule has 0 atom stereocenters. The number of anilines is 3. The number of nitrogens with zero attached hydrogens (tertiary/aromatic N) is 2. The van der Waals surface area contributed by atoms with Gasteiger partial charge >= 0.3 is 12.0 Å². The number of carboxylic acid groups (broad SMARTS) is 1. The van der Waals surface area contributed by atoms with Gasteiger partial charge in [-0.05, 0) is 35.9 Å². The highest BCUT2D eigenvalue weighted by molar-refractivity contribution is 7.17. The van der Waals surface area contributed by atoms with Gasteiger partial charge in [-0.2, -0.15) is 0 Å². The first-order valence-corrected chi connectivity index (χ1v) is 9.39. The maximum absolute atomic E-state index is 12.2. The number of hydrogen-bond acceptors (Lipinski definition) is 6. The van der Waals surface area contributed by atoms with Crippen LogP contribution in [0.3, 0.4) is 0 Å². The molecule has 2 aromatic carbocycles. The van der Waals surface area contributed by atoms with Gasteiger partial charge in [-0.15, -0.1) is 11.3 Å². The maximum Gasteiger partial charge on any atom is 0.335 e. The Kier molecular flexibility index (Phi) is 4.80. The number of aromatic carboxylic acids is 1. The van der Waals surface area contributed by atoms with Gasteiger partial charge in [-0.25, -0.2) is 19.6 Å². The van der Waals surface area contributed by atoms with Gasteiger partial charge in [0.05, 0.1) is 10.9 Å². The molecule has 8 nitrogen and oxygen atoms in total. The van der Waals surface area contributed by atoms with Gasteiger partial charge < -0.3 is 21.5 Å². The van der Waals surface area contributed by atoms with E-state index in [0.29, 0.717) is 17.2 Å². The van der Waals surface area contributed by atoms with Gasteiger partial charge in [0.25, 0.3) is 0 Å². The first-order valence-electron chi connectivity index (χ1n) is 8.51. The summed E-state index contributed by atoms with van der Waals surface area (Å²) in [4.78, 5) is 32.3. The number of hydrogen-bond donors (Lipinski definition) is 4. The Hall–Kier alpha value is -3.98. The summed E-state index contributed by atoms with van der Waals surface area (Å²) in [5.41, 5.74) is 8.93. The number of nitrogen functional groups attached to an aromatic ring is 1. The Balaban J connectivity index is 1.49. The highest BCUT2D eigenvalue weighted by Crippen LogP contribution is 2.35. The first kappa shape index (κ1) is 18.4. The van der Waals surface area contributed by atoms with Crippen LogP contribution >= 0.6 is 11.3 Å². The smallest absolute Gasteiger partial charge is 0.335 e. The van der Waals surface area contributed by atoms with Crippen molar-refractivity contribution in [1.29, 1.82) is 0 Å². The quantitative estimate of drug-likeness (QED) is 0.401. The second-order valence-electron chi connectivity index (χ2n) is 6.13. The van der Waals surface area contributed by atoms with Gasteiger partial charge in [-0.3, -0.25) is 0 Å². The summed E-state index contributed by atoms with van der Waals surface area (Å²) in [7, 11) is 0. The second kappa shape index (κ2) is 7.56. The molecule has 5 N–H and O–H groups in total. The Labute approximate surface area is 169 Å². The van der Waals surface area contributed by atoms with Crippen LogP contribution in [0.1, 0.15) is 10.4 Å². The van der Waals surface area contributed by atoms with E-state index in [2.05, 4.69) is 20.6 Å². The lowest BCUT2D eigenvalue weighted by Gasteiger charge is -2.09. The number of carboxylic acids is 1. The van der Waals surface area contributed by atoms with E-state index in [-0.39, 0.29) is 5.56 Å². The fraction of sp³-hybridized carbons (Fsp3) is 0. The predicted molar refractivity (Wildman–Crippen MR) is 113 cm³/mol. The number of thiophene rings is 1. The van der Waals surface area contributed by atoms with E-state index in [0.717, 1.165) is 21.3 Å². The maximum atomic E-state index is 12.2. The Morgan fingerprint density at radius 2 is 1.76 bits per heavy atom. The molecule has 0 aliphatic carbocycles. The fourth-order valence-electron chi connectivity index (χ4n) is 2.87. The monoisotopic (exact) mass is 405 g/mol. The number of nitrogens with one attached hydrogen (secondary N) is 2. The van der Waals surface area contributed by atoms with Crippen molar-refractivity contribution < 1.29 is 14.7 Å². The van der Waals surface area contributed by atoms with Crippen LogP contribution in [0.4, 0.5) is 22.0 Å². The fourth-order valence-corrected chi connectivity index (χ4v) is 3.79. The van der Waals surface area contributed by atoms with Gasteiger partial charge in [0.2, 0.25) is 0 Å². The SMILES string of the molecule is Nc1ncnc2scc(-c3ccc(NC(=O)Nc4cccc(C(=O)O)c4)cc3)c12. The molecule has 2 heterocycles. The highest BCUT2D eigenvalue weighted by Gasteiger charge is 2.12. The van der Waals surface area contributed by atoms with Crippen molar-refractivity contribution in [2.75, 3.05) is 16.4 Å². The van der Waals surface area contributed by atoms with Gasteiger partial charge in [-0.1, -0.05) is 18.2 Å². The van der Waals surface area contributed by atoms with Crippen LogP contribution in [-0.4, -0.2) is 27.1 Å². The van der Waals surface area contributed by atoms with Gasteiger partial charge in [0.1, 0.15) is 17.0 Å². The van der Waals surface area contributed by atoms with Crippen LogP contribution < -0.4 is 16.4 Å². The minimum Gasteiger partial charge on any atom is -0.478 e. The zero-order valence-electron chi connectivity index (χ0n) is 14.9. The molecule has 0 spiro atoms. The molecular formula is C20H15N5O3S. The molecule has 2 amide bonds. The average Bonchev–Trinajstić information content (AvgIpc) is 3.14. The molecule has 0 fully saturated rings. The third kappa shape index (κ3) is 3.85. The minimum absolute atomic E-state index is 0.0957. The van der Waals surface area contributed by atoms with E-state index in [4.69, 9.17) is 10.8 Å². The molecule has 0 bridgehead atoms. The number of amides is 2. The molecule has 0 aliphatic heterocycles. The van der Waals surface area contributed by atoms with E-state index in [9.17, 15) is 9.59 Å². The summed E-state index contributed by atoms with van der Waals surface area (Å²) in [5, 5.41) is 17.1. The van der Waals surface area contributed by atoms with Crippen molar-refractivity contribution in [3.05, 3.63) is 65.8 Å². The van der Waals surface area contributed by atoms with Crippen LogP contribution in [0.15, 0.2) is 60.2 Å². The number of nitrogens with two attached hydrogens (primary N) is 1. The molecular weight excluding hydrogens is 390 g/mol. The molecule has 2 aromatic heterocycles. The summed E-state index contributed by atoms with van der Waals surface area (Å²) in [5.74, 6) is -0.631. The van der Waals surface area contributed by atoms with Gasteiger partial charge in [0, 0.05) is 22.3 Å². The molecule has 9 heteroatoms. The summed E-state index contributed by atoms with van der Waals surface area (Å²) in [6, 6.07) is 12.8. The van der Waals surface area contributed by atoms with Crippen LogP contribution in [-0.2, 0) is 0 Å². The van der Waals surface area contributed by atoms with E-state index in [1.54, 1.807) is 24.3 Å². The van der Waals surface area contributed by atoms with Crippen molar-refractivity contribution in [2.45, 2.75) is 0 Å². The first-order chi connectivity index (χ1) is 14.0. The third-order valence-electron chi connectivity index (χ3n) is 4.22. The van der Waals surface area contributed by atoms with Crippen LogP contribution in [0.2, 0.25) is 0 Å². The molecule has 29 heavy (non-hydrogen) atoms. The number of aromatic nitrogens is 2. The summed E-state index contributed by atoms with van der Waals surface area (Å²) in [6.07, 6.45) is 1.44. The molecule has 0 radical (unpaired) electrons. The summed E-state index contributed by atoms with van der Waals surface area (Å²) < 4.78 is 0. The van der Waals surface area contributed by atoms with Crippen molar-refractivity contribution in [3.8, 4) is 11.1 Å². The van der Waals surface area contributed by atoms with E-state index in [1.165, 1.54) is 29.8 Å². The largest absolute Gasteiger partial charge is 0.478 e. The lowest BCUT2D eigenvalue weighted by atomic mass is 10.1. The zero-order chi connectivity index (χ0) is 20.4. The Bertz CT molecular complexity index is 1220. The summed E-state index contributed by atoms with van der Waals surface area (Å²) in [6.45, 7) is 0. The molecule has 144 valence electrons. The predicted octanol–water partition coefficient (Wildman–Crippen LogP) is 4.28. The molecule has 0 unspecified atom stereocenters. The van der Waals surface area contributed by atoms with E-state index in [1.807, 2.05) is 17.5 Å². The Morgan fingerprint density at radius 3 is 2.52 bits per heavy atom. The lowest BCUT2D eigenvalue weighted by Crippen LogP contribution is -2.19. The zero-order valence-corrected chi connectivity index (χ0v) is 15.7. The van der Waals surface area contributed by atoms with E-state index < -0.39 is 12.0 Å². The Morgan fingerprint density at radius 1 is 1.00 bits per heavy atom. The highest BCUT2D eigenvalue weighted by atomic mass is 32.1. The van der Waals surface area contributed by atoms with Crippen LogP contribution in [0.5, 0.6) is 0 Å². The minimum atomic E-state index is -1.06. The van der Waals surface area contributed by atoms with Gasteiger partial charge in [0.15, 0.2) is 0 Å². The molecule has 0 aliphatic rings. The third-order valence-corrected chi connectivity index (χ3v) is 5.11. The second-order valence-corrected chi connectivity index (χ2v) is 6.99. The number of carbonyl (C=O) groups is 2. The normalized spacial score (nSPS) is 10.6. The average molecular weight is 405 g/mol. The van der Waals surface area contributed by atoms with Crippen molar-refractivity contribution in [1.82, 2.24) is 9.97 Å². The number of urea groups is 1. The molecule has 4 rings (SSSR count). The standard InChI is InChI=1S/C20H15N5O3S/c21-17-16-15(9-29-18(16)23-10-22-17)11-4-6-13(7-5-11)24-20(28)25-14-3-1-2-12(8-14)19(26)27/h1-10H,(H,26,27)(H2,21,22,23)(H2,24,25,28). The topological polar surface area (TPSA) is 130 Å². The molecule has 4 aromatic rings. The lowest BCUT2D eigenvalue weighted by molar-refractivity contribution is 0.0697. The van der Waals surface area contributed by atoms with Crippen LogP contribution in [0.25, 0.3) is 21.3 Å². The number of fused-ring (bicyclic) bond motifs is 1. The van der Waals surface area contributed by atoms with Crippen LogP contribution in [0, 0.1) is 0 Å². The van der Waals surface area contributed by atoms with E-state index >= 15 is 0 Å². The number of rotatable bonds is 4. The van der Waals surface area contributed by atoms with Crippen molar-refractivity contribution >= 4 is 50.7 Å². The van der Waals surface area contributed by atoms with Crippen molar-refractivity contribution in [2.24, 2.45) is 0 Å². The number of benzene rings is 2. The molecule has 0 saturated carbocycles. The van der Waals surface area contributed by atoms with Crippen molar-refractivity contribution in [3.63, 3.8) is 0 Å². The summed E-state index contributed by atoms with van der Waals surface area (Å²) >= 11 is 1.49. The number of carbonyl (C=O) groups excluding carboxylic acids is 1. The molecule has 0 saturated heterocycles.